The number of esters is 1. The Morgan fingerprint density at radius 3 is 2.44 bits per heavy atom. The third kappa shape index (κ3) is 5.67. The van der Waals surface area contributed by atoms with Gasteiger partial charge in [-0.2, -0.15) is 10.4 Å². The van der Waals surface area contributed by atoms with Crippen LogP contribution in [0.3, 0.4) is 0 Å². The molecule has 0 aliphatic heterocycles. The van der Waals surface area contributed by atoms with Gasteiger partial charge in [-0.05, 0) is 31.5 Å². The van der Waals surface area contributed by atoms with Gasteiger partial charge in [-0.1, -0.05) is 56.2 Å². The first-order valence-electron chi connectivity index (χ1n) is 11.4. The zero-order valence-electron chi connectivity index (χ0n) is 19.4. The lowest BCUT2D eigenvalue weighted by Gasteiger charge is -2.25. The van der Waals surface area contributed by atoms with Crippen molar-refractivity contribution in [2.45, 2.75) is 52.2 Å². The van der Waals surface area contributed by atoms with E-state index in [1.807, 2.05) is 12.1 Å². The van der Waals surface area contributed by atoms with E-state index < -0.39 is 18.0 Å². The number of benzene rings is 2. The Hall–Kier alpha value is -3.99. The maximum absolute atomic E-state index is 13.1. The second kappa shape index (κ2) is 11.8. The summed E-state index contributed by atoms with van der Waals surface area (Å²) in [5, 5.41) is 14.0. The lowest BCUT2D eigenvalue weighted by molar-refractivity contribution is -0.126. The molecule has 1 amide bonds. The van der Waals surface area contributed by atoms with Gasteiger partial charge in [0.2, 0.25) is 0 Å². The molecule has 34 heavy (non-hydrogen) atoms. The van der Waals surface area contributed by atoms with E-state index in [2.05, 4.69) is 12.0 Å². The molecule has 0 N–H and O–H groups in total. The van der Waals surface area contributed by atoms with Crippen LogP contribution in [0.25, 0.3) is 10.8 Å². The SMILES string of the molecule is CCCCCn1nc(C(=O)OC(C)C(=O)N(CCC#N)c2ccccc2)c2ccccc2c1=O. The molecule has 3 rings (SSSR count). The van der Waals surface area contributed by atoms with Crippen LogP contribution in [0.4, 0.5) is 5.69 Å². The number of carbonyl (C=O) groups excluding carboxylic acids is 2. The molecule has 2 aromatic carbocycles. The van der Waals surface area contributed by atoms with Crippen molar-refractivity contribution in [1.82, 2.24) is 9.78 Å². The Bertz CT molecular complexity index is 1250. The van der Waals surface area contributed by atoms with E-state index in [-0.39, 0.29) is 24.2 Å². The van der Waals surface area contributed by atoms with E-state index in [0.717, 1.165) is 19.3 Å². The second-order valence-corrected chi connectivity index (χ2v) is 7.91. The van der Waals surface area contributed by atoms with Gasteiger partial charge >= 0.3 is 5.97 Å². The normalized spacial score (nSPS) is 11.6. The molecule has 0 aliphatic carbocycles. The molecule has 0 radical (unpaired) electrons. The molecule has 0 saturated carbocycles. The highest BCUT2D eigenvalue weighted by atomic mass is 16.5. The number of para-hydroxylation sites is 1. The number of anilines is 1. The number of nitrogens with zero attached hydrogens (tertiary/aromatic N) is 4. The fourth-order valence-electron chi connectivity index (χ4n) is 3.67. The molecule has 0 saturated heterocycles. The highest BCUT2D eigenvalue weighted by molar-refractivity contribution is 6.04. The number of hydrogen-bond acceptors (Lipinski definition) is 6. The molecular weight excluding hydrogens is 432 g/mol. The highest BCUT2D eigenvalue weighted by Crippen LogP contribution is 2.18. The monoisotopic (exact) mass is 460 g/mol. The summed E-state index contributed by atoms with van der Waals surface area (Å²) in [6.45, 7) is 4.11. The van der Waals surface area contributed by atoms with Crippen LogP contribution >= 0.6 is 0 Å². The van der Waals surface area contributed by atoms with Gasteiger partial charge in [-0.25, -0.2) is 9.48 Å². The minimum Gasteiger partial charge on any atom is -0.448 e. The molecule has 8 nitrogen and oxygen atoms in total. The van der Waals surface area contributed by atoms with E-state index in [4.69, 9.17) is 10.00 Å². The molecule has 8 heteroatoms. The number of nitriles is 1. The second-order valence-electron chi connectivity index (χ2n) is 7.91. The Balaban J connectivity index is 1.88. The van der Waals surface area contributed by atoms with E-state index >= 15 is 0 Å². The van der Waals surface area contributed by atoms with Crippen LogP contribution in [-0.4, -0.2) is 34.3 Å². The Labute approximate surface area is 198 Å². The third-order valence-electron chi connectivity index (χ3n) is 5.45. The minimum atomic E-state index is -1.12. The van der Waals surface area contributed by atoms with Crippen LogP contribution in [0.15, 0.2) is 59.4 Å². The van der Waals surface area contributed by atoms with Gasteiger partial charge in [0.05, 0.1) is 17.9 Å². The van der Waals surface area contributed by atoms with Crippen molar-refractivity contribution in [1.29, 1.82) is 5.26 Å². The van der Waals surface area contributed by atoms with Gasteiger partial charge in [-0.15, -0.1) is 0 Å². The van der Waals surface area contributed by atoms with Gasteiger partial charge in [0.15, 0.2) is 11.8 Å². The summed E-state index contributed by atoms with van der Waals surface area (Å²) in [6.07, 6.45) is 1.70. The molecule has 176 valence electrons. The summed E-state index contributed by atoms with van der Waals surface area (Å²) in [4.78, 5) is 40.5. The number of aromatic nitrogens is 2. The number of hydrogen-bond donors (Lipinski definition) is 0. The number of ether oxygens (including phenoxy) is 1. The maximum Gasteiger partial charge on any atom is 0.360 e. The van der Waals surface area contributed by atoms with Crippen LogP contribution < -0.4 is 10.5 Å². The highest BCUT2D eigenvalue weighted by Gasteiger charge is 2.27. The summed E-state index contributed by atoms with van der Waals surface area (Å²) < 4.78 is 6.81. The Morgan fingerprint density at radius 2 is 1.76 bits per heavy atom. The first-order chi connectivity index (χ1) is 16.5. The van der Waals surface area contributed by atoms with Crippen LogP contribution in [0.2, 0.25) is 0 Å². The van der Waals surface area contributed by atoms with Crippen LogP contribution in [-0.2, 0) is 16.1 Å². The predicted molar refractivity (Wildman–Crippen MR) is 129 cm³/mol. The molecule has 0 fully saturated rings. The molecular formula is C26H28N4O4. The summed E-state index contributed by atoms with van der Waals surface area (Å²) in [7, 11) is 0. The number of carbonyl (C=O) groups is 2. The number of unbranched alkanes of at least 4 members (excludes halogenated alkanes) is 2. The van der Waals surface area contributed by atoms with Gasteiger partial charge < -0.3 is 9.64 Å². The molecule has 1 heterocycles. The smallest absolute Gasteiger partial charge is 0.360 e. The lowest BCUT2D eigenvalue weighted by Crippen LogP contribution is -2.41. The van der Waals surface area contributed by atoms with Gasteiger partial charge in [0.25, 0.3) is 11.5 Å². The zero-order valence-corrected chi connectivity index (χ0v) is 19.4. The topological polar surface area (TPSA) is 105 Å². The largest absolute Gasteiger partial charge is 0.448 e. The van der Waals surface area contributed by atoms with Gasteiger partial charge in [0, 0.05) is 24.2 Å². The van der Waals surface area contributed by atoms with Crippen LogP contribution in [0.5, 0.6) is 0 Å². The summed E-state index contributed by atoms with van der Waals surface area (Å²) in [6, 6.07) is 17.7. The van der Waals surface area contributed by atoms with Crippen molar-refractivity contribution in [3.05, 3.63) is 70.6 Å². The van der Waals surface area contributed by atoms with Crippen molar-refractivity contribution in [3.8, 4) is 6.07 Å². The average Bonchev–Trinajstić information content (AvgIpc) is 2.86. The standard InChI is InChI=1S/C26H28N4O4/c1-3-4-10-18-30-25(32)22-15-9-8-14-21(22)23(28-30)26(33)34-19(2)24(31)29(17-11-16-27)20-12-6-5-7-13-20/h5-9,12-15,19H,3-4,10-11,17-18H2,1-2H3. The first-order valence-corrected chi connectivity index (χ1v) is 11.4. The Morgan fingerprint density at radius 1 is 1.09 bits per heavy atom. The van der Waals surface area contributed by atoms with Crippen molar-refractivity contribution < 1.29 is 14.3 Å². The molecule has 1 aromatic heterocycles. The van der Waals surface area contributed by atoms with E-state index in [1.54, 1.807) is 48.5 Å². The molecule has 0 spiro atoms. The number of aryl methyl sites for hydroxylation is 1. The molecule has 3 aromatic rings. The number of amides is 1. The summed E-state index contributed by atoms with van der Waals surface area (Å²) in [5.41, 5.74) is 0.340. The van der Waals surface area contributed by atoms with E-state index in [1.165, 1.54) is 16.5 Å². The number of fused-ring (bicyclic) bond motifs is 1. The molecule has 0 bridgehead atoms. The third-order valence-corrected chi connectivity index (χ3v) is 5.45. The lowest BCUT2D eigenvalue weighted by atomic mass is 10.1. The minimum absolute atomic E-state index is 0.00497. The quantitative estimate of drug-likeness (QED) is 0.333. The molecule has 1 unspecified atom stereocenters. The number of rotatable bonds is 10. The Kier molecular flexibility index (Phi) is 8.52. The van der Waals surface area contributed by atoms with Crippen molar-refractivity contribution >= 4 is 28.3 Å². The summed E-state index contributed by atoms with van der Waals surface area (Å²) in [5.74, 6) is -1.23. The zero-order chi connectivity index (χ0) is 24.5. The van der Waals surface area contributed by atoms with Crippen molar-refractivity contribution in [2.24, 2.45) is 0 Å². The molecule has 0 aliphatic rings. The van der Waals surface area contributed by atoms with Crippen LogP contribution in [0.1, 0.15) is 50.0 Å². The average molecular weight is 461 g/mol. The van der Waals surface area contributed by atoms with Crippen molar-refractivity contribution in [2.75, 3.05) is 11.4 Å². The first kappa shape index (κ1) is 24.6. The maximum atomic E-state index is 13.1. The van der Waals surface area contributed by atoms with Gasteiger partial charge in [-0.3, -0.25) is 9.59 Å². The van der Waals surface area contributed by atoms with E-state index in [0.29, 0.717) is 23.0 Å². The fraction of sp³-hybridized carbons (Fsp3) is 0.346. The van der Waals surface area contributed by atoms with Crippen molar-refractivity contribution in [3.63, 3.8) is 0 Å². The van der Waals surface area contributed by atoms with E-state index in [9.17, 15) is 14.4 Å². The van der Waals surface area contributed by atoms with Gasteiger partial charge in [0.1, 0.15) is 0 Å². The summed E-state index contributed by atoms with van der Waals surface area (Å²) >= 11 is 0. The van der Waals surface area contributed by atoms with Crippen LogP contribution in [0, 0.1) is 11.3 Å². The predicted octanol–water partition coefficient (Wildman–Crippen LogP) is 4.08. The fourth-order valence-corrected chi connectivity index (χ4v) is 3.67. The molecule has 1 atom stereocenters.